The largest absolute Gasteiger partial charge is 0.376 e. The monoisotopic (exact) mass is 185 g/mol. The molecule has 0 saturated carbocycles. The van der Waals surface area contributed by atoms with E-state index in [1.54, 1.807) is 0 Å². The molecule has 0 spiro atoms. The molecule has 13 heavy (non-hydrogen) atoms. The summed E-state index contributed by atoms with van der Waals surface area (Å²) in [5.41, 5.74) is 6.41. The van der Waals surface area contributed by atoms with Crippen LogP contribution >= 0.6 is 0 Å². The standard InChI is InChI=1S/C11H23NO/c1-10(2,3)8-11(4,12)9-6-5-7-13-9/h9H,5-8,12H2,1-4H3. The molecule has 1 saturated heterocycles. The first-order valence-corrected chi connectivity index (χ1v) is 5.22. The van der Waals surface area contributed by atoms with Crippen LogP contribution in [0.5, 0.6) is 0 Å². The van der Waals surface area contributed by atoms with Crippen molar-refractivity contribution in [3.63, 3.8) is 0 Å². The fraction of sp³-hybridized carbons (Fsp3) is 1.00. The molecule has 0 bridgehead atoms. The lowest BCUT2D eigenvalue weighted by Gasteiger charge is -2.36. The molecule has 2 heteroatoms. The Bertz CT molecular complexity index is 163. The lowest BCUT2D eigenvalue weighted by Crippen LogP contribution is -2.50. The summed E-state index contributed by atoms with van der Waals surface area (Å²) in [5, 5.41) is 0. The Morgan fingerprint density at radius 1 is 1.31 bits per heavy atom. The second-order valence-electron chi connectivity index (χ2n) is 5.74. The smallest absolute Gasteiger partial charge is 0.0752 e. The van der Waals surface area contributed by atoms with Gasteiger partial charge < -0.3 is 10.5 Å². The molecule has 2 nitrogen and oxygen atoms in total. The van der Waals surface area contributed by atoms with E-state index < -0.39 is 0 Å². The van der Waals surface area contributed by atoms with Crippen LogP contribution in [0, 0.1) is 5.41 Å². The summed E-state index contributed by atoms with van der Waals surface area (Å²) in [6.07, 6.45) is 3.58. The van der Waals surface area contributed by atoms with Crippen LogP contribution in [0.1, 0.15) is 47.0 Å². The number of nitrogens with two attached hydrogens (primary N) is 1. The summed E-state index contributed by atoms with van der Waals surface area (Å²) in [4.78, 5) is 0. The number of ether oxygens (including phenoxy) is 1. The van der Waals surface area contributed by atoms with Crippen molar-refractivity contribution in [1.82, 2.24) is 0 Å². The predicted octanol–water partition coefficient (Wildman–Crippen LogP) is 2.32. The van der Waals surface area contributed by atoms with Gasteiger partial charge in [0.1, 0.15) is 0 Å². The van der Waals surface area contributed by atoms with E-state index >= 15 is 0 Å². The Morgan fingerprint density at radius 3 is 2.31 bits per heavy atom. The van der Waals surface area contributed by atoms with E-state index in [9.17, 15) is 0 Å². The van der Waals surface area contributed by atoms with Crippen LogP contribution in [0.4, 0.5) is 0 Å². The fourth-order valence-corrected chi connectivity index (χ4v) is 2.35. The van der Waals surface area contributed by atoms with Gasteiger partial charge in [-0.05, 0) is 31.6 Å². The zero-order chi connectivity index (χ0) is 10.1. The van der Waals surface area contributed by atoms with Gasteiger partial charge in [-0.3, -0.25) is 0 Å². The molecular weight excluding hydrogens is 162 g/mol. The van der Waals surface area contributed by atoms with Gasteiger partial charge in [0.05, 0.1) is 6.10 Å². The van der Waals surface area contributed by atoms with Crippen LogP contribution in [-0.4, -0.2) is 18.2 Å². The lowest BCUT2D eigenvalue weighted by molar-refractivity contribution is 0.0353. The van der Waals surface area contributed by atoms with Crippen molar-refractivity contribution in [2.24, 2.45) is 11.1 Å². The maximum atomic E-state index is 6.28. The molecule has 1 aliphatic heterocycles. The molecule has 2 atom stereocenters. The second-order valence-corrected chi connectivity index (χ2v) is 5.74. The average Bonchev–Trinajstić information content (AvgIpc) is 2.29. The third-order valence-electron chi connectivity index (χ3n) is 2.58. The Morgan fingerprint density at radius 2 is 1.92 bits per heavy atom. The highest BCUT2D eigenvalue weighted by atomic mass is 16.5. The van der Waals surface area contributed by atoms with Gasteiger partial charge in [-0.25, -0.2) is 0 Å². The van der Waals surface area contributed by atoms with Gasteiger partial charge in [0.25, 0.3) is 0 Å². The van der Waals surface area contributed by atoms with Crippen molar-refractivity contribution >= 4 is 0 Å². The molecule has 0 aliphatic carbocycles. The van der Waals surface area contributed by atoms with Gasteiger partial charge in [-0.15, -0.1) is 0 Å². The minimum atomic E-state index is -0.158. The number of hydrogen-bond donors (Lipinski definition) is 1. The summed E-state index contributed by atoms with van der Waals surface area (Å²) >= 11 is 0. The van der Waals surface area contributed by atoms with Crippen LogP contribution in [0.15, 0.2) is 0 Å². The third-order valence-corrected chi connectivity index (χ3v) is 2.58. The second kappa shape index (κ2) is 3.58. The van der Waals surface area contributed by atoms with Crippen LogP contribution in [-0.2, 0) is 4.74 Å². The van der Waals surface area contributed by atoms with Gasteiger partial charge >= 0.3 is 0 Å². The minimum Gasteiger partial charge on any atom is -0.376 e. The topological polar surface area (TPSA) is 35.2 Å². The van der Waals surface area contributed by atoms with Crippen molar-refractivity contribution < 1.29 is 4.74 Å². The molecule has 0 radical (unpaired) electrons. The molecule has 1 rings (SSSR count). The SMILES string of the molecule is CC(C)(C)CC(C)(N)C1CCCO1. The third kappa shape index (κ3) is 3.28. The highest BCUT2D eigenvalue weighted by Crippen LogP contribution is 2.32. The van der Waals surface area contributed by atoms with Crippen molar-refractivity contribution in [3.8, 4) is 0 Å². The first kappa shape index (κ1) is 11.0. The van der Waals surface area contributed by atoms with E-state index in [1.807, 2.05) is 0 Å². The molecule has 1 fully saturated rings. The highest BCUT2D eigenvalue weighted by Gasteiger charge is 2.36. The molecule has 0 aromatic carbocycles. The molecule has 2 N–H and O–H groups in total. The zero-order valence-electron chi connectivity index (χ0n) is 9.39. The van der Waals surface area contributed by atoms with E-state index in [1.165, 1.54) is 6.42 Å². The van der Waals surface area contributed by atoms with Gasteiger partial charge in [0.15, 0.2) is 0 Å². The summed E-state index contributed by atoms with van der Waals surface area (Å²) in [7, 11) is 0. The van der Waals surface area contributed by atoms with E-state index in [0.717, 1.165) is 19.4 Å². The molecular formula is C11H23NO. The van der Waals surface area contributed by atoms with Gasteiger partial charge in [0, 0.05) is 12.1 Å². The van der Waals surface area contributed by atoms with E-state index in [0.29, 0.717) is 0 Å². The predicted molar refractivity (Wildman–Crippen MR) is 55.6 cm³/mol. The van der Waals surface area contributed by atoms with Gasteiger partial charge in [0.2, 0.25) is 0 Å². The summed E-state index contributed by atoms with van der Waals surface area (Å²) in [6, 6.07) is 0. The van der Waals surface area contributed by atoms with Crippen molar-refractivity contribution in [2.45, 2.75) is 58.6 Å². The van der Waals surface area contributed by atoms with Crippen molar-refractivity contribution in [1.29, 1.82) is 0 Å². The van der Waals surface area contributed by atoms with Crippen LogP contribution in [0.2, 0.25) is 0 Å². The zero-order valence-corrected chi connectivity index (χ0v) is 9.39. The number of rotatable bonds is 2. The van der Waals surface area contributed by atoms with Crippen molar-refractivity contribution in [2.75, 3.05) is 6.61 Å². The molecule has 78 valence electrons. The molecule has 0 aromatic heterocycles. The number of hydrogen-bond acceptors (Lipinski definition) is 2. The van der Waals surface area contributed by atoms with Crippen molar-refractivity contribution in [3.05, 3.63) is 0 Å². The van der Waals surface area contributed by atoms with Crippen LogP contribution in [0.25, 0.3) is 0 Å². The highest BCUT2D eigenvalue weighted by molar-refractivity contribution is 4.93. The van der Waals surface area contributed by atoms with Gasteiger partial charge in [-0.2, -0.15) is 0 Å². The summed E-state index contributed by atoms with van der Waals surface area (Å²) in [6.45, 7) is 9.70. The fourth-order valence-electron chi connectivity index (χ4n) is 2.35. The Hall–Kier alpha value is -0.0800. The van der Waals surface area contributed by atoms with E-state index in [-0.39, 0.29) is 17.1 Å². The minimum absolute atomic E-state index is 0.158. The lowest BCUT2D eigenvalue weighted by atomic mass is 9.78. The molecule has 0 aromatic rings. The normalized spacial score (nSPS) is 28.8. The summed E-state index contributed by atoms with van der Waals surface area (Å²) < 4.78 is 5.64. The first-order valence-electron chi connectivity index (χ1n) is 5.22. The molecule has 1 heterocycles. The maximum Gasteiger partial charge on any atom is 0.0752 e. The quantitative estimate of drug-likeness (QED) is 0.716. The molecule has 0 amide bonds. The first-order chi connectivity index (χ1) is 5.81. The Balaban J connectivity index is 2.53. The van der Waals surface area contributed by atoms with E-state index in [4.69, 9.17) is 10.5 Å². The summed E-state index contributed by atoms with van der Waals surface area (Å²) in [5.74, 6) is 0. The van der Waals surface area contributed by atoms with Crippen LogP contribution < -0.4 is 5.73 Å². The molecule has 2 unspecified atom stereocenters. The Labute approximate surface area is 81.8 Å². The average molecular weight is 185 g/mol. The van der Waals surface area contributed by atoms with Gasteiger partial charge in [-0.1, -0.05) is 20.8 Å². The molecule has 1 aliphatic rings. The van der Waals surface area contributed by atoms with Crippen LogP contribution in [0.3, 0.4) is 0 Å². The maximum absolute atomic E-state index is 6.28. The Kier molecular flexibility index (Phi) is 3.03. The van der Waals surface area contributed by atoms with E-state index in [2.05, 4.69) is 27.7 Å².